The second-order valence-corrected chi connectivity index (χ2v) is 4.72. The predicted octanol–water partition coefficient (Wildman–Crippen LogP) is 3.84. The van der Waals surface area contributed by atoms with Crippen LogP contribution in [0, 0.1) is 11.3 Å². The number of carbonyl (C=O) groups excluding carboxylic acids is 1. The number of esters is 1. The molecule has 0 bridgehead atoms. The molecule has 0 aliphatic rings. The highest BCUT2D eigenvalue weighted by molar-refractivity contribution is 6.30. The van der Waals surface area contributed by atoms with Crippen LogP contribution >= 0.6 is 11.6 Å². The normalized spacial score (nSPS) is 10.2. The molecule has 5 heteroatoms. The Balaban J connectivity index is 2.09. The fourth-order valence-electron chi connectivity index (χ4n) is 1.70. The van der Waals surface area contributed by atoms with Gasteiger partial charge in [0.05, 0.1) is 18.7 Å². The summed E-state index contributed by atoms with van der Waals surface area (Å²) < 4.78 is 10.3. The minimum Gasteiger partial charge on any atom is -0.493 e. The molecule has 0 saturated carbocycles. The van der Waals surface area contributed by atoms with Gasteiger partial charge in [0, 0.05) is 17.2 Å². The van der Waals surface area contributed by atoms with Gasteiger partial charge in [-0.2, -0.15) is 5.26 Å². The summed E-state index contributed by atoms with van der Waals surface area (Å²) in [6, 6.07) is 13.6. The SMILES string of the molecule is COc1cc(C#N)ccc1OC(=O)/C=C/c1ccc(Cl)cc1. The summed E-state index contributed by atoms with van der Waals surface area (Å²) in [4.78, 5) is 11.8. The molecule has 0 unspecified atom stereocenters. The maximum Gasteiger partial charge on any atom is 0.336 e. The van der Waals surface area contributed by atoms with Gasteiger partial charge in [-0.25, -0.2) is 4.79 Å². The van der Waals surface area contributed by atoms with E-state index in [1.807, 2.05) is 6.07 Å². The van der Waals surface area contributed by atoms with Crippen molar-refractivity contribution in [1.82, 2.24) is 0 Å². The van der Waals surface area contributed by atoms with E-state index >= 15 is 0 Å². The van der Waals surface area contributed by atoms with Gasteiger partial charge in [0.2, 0.25) is 0 Å². The molecule has 2 aromatic rings. The van der Waals surface area contributed by atoms with Gasteiger partial charge in [0.25, 0.3) is 0 Å². The van der Waals surface area contributed by atoms with Crippen molar-refractivity contribution in [3.63, 3.8) is 0 Å². The third kappa shape index (κ3) is 4.11. The first-order valence-corrected chi connectivity index (χ1v) is 6.74. The van der Waals surface area contributed by atoms with Crippen LogP contribution < -0.4 is 9.47 Å². The fourth-order valence-corrected chi connectivity index (χ4v) is 1.83. The van der Waals surface area contributed by atoms with Gasteiger partial charge >= 0.3 is 5.97 Å². The third-order valence-electron chi connectivity index (χ3n) is 2.79. The van der Waals surface area contributed by atoms with Crippen molar-refractivity contribution in [2.45, 2.75) is 0 Å². The lowest BCUT2D eigenvalue weighted by molar-refractivity contribution is -0.129. The van der Waals surface area contributed by atoms with Crippen LogP contribution in [0.1, 0.15) is 11.1 Å². The lowest BCUT2D eigenvalue weighted by Gasteiger charge is -2.07. The molecule has 0 atom stereocenters. The van der Waals surface area contributed by atoms with Gasteiger partial charge < -0.3 is 9.47 Å². The van der Waals surface area contributed by atoms with E-state index in [9.17, 15) is 4.79 Å². The number of hydrogen-bond acceptors (Lipinski definition) is 4. The van der Waals surface area contributed by atoms with Crippen LogP contribution in [-0.4, -0.2) is 13.1 Å². The zero-order valence-corrected chi connectivity index (χ0v) is 12.5. The van der Waals surface area contributed by atoms with Crippen LogP contribution in [0.2, 0.25) is 5.02 Å². The fraction of sp³-hybridized carbons (Fsp3) is 0.0588. The van der Waals surface area contributed by atoms with E-state index in [1.54, 1.807) is 36.4 Å². The first-order valence-electron chi connectivity index (χ1n) is 6.36. The van der Waals surface area contributed by atoms with Crippen molar-refractivity contribution >= 4 is 23.6 Å². The number of carbonyl (C=O) groups is 1. The van der Waals surface area contributed by atoms with Gasteiger partial charge in [0.1, 0.15) is 0 Å². The van der Waals surface area contributed by atoms with E-state index in [-0.39, 0.29) is 5.75 Å². The van der Waals surface area contributed by atoms with E-state index in [1.165, 1.54) is 25.3 Å². The maximum atomic E-state index is 11.8. The number of hydrogen-bond donors (Lipinski definition) is 0. The molecule has 0 saturated heterocycles. The van der Waals surface area contributed by atoms with E-state index in [4.69, 9.17) is 26.3 Å². The van der Waals surface area contributed by atoms with Gasteiger partial charge in [-0.05, 0) is 35.9 Å². The number of nitriles is 1. The van der Waals surface area contributed by atoms with E-state index in [2.05, 4.69) is 0 Å². The minimum atomic E-state index is -0.544. The summed E-state index contributed by atoms with van der Waals surface area (Å²) in [5.41, 5.74) is 1.25. The first-order chi connectivity index (χ1) is 10.6. The summed E-state index contributed by atoms with van der Waals surface area (Å²) in [6.45, 7) is 0. The van der Waals surface area contributed by atoms with E-state index < -0.39 is 5.97 Å². The van der Waals surface area contributed by atoms with Crippen LogP contribution in [0.3, 0.4) is 0 Å². The second kappa shape index (κ2) is 7.30. The summed E-state index contributed by atoms with van der Waals surface area (Å²) >= 11 is 5.79. The lowest BCUT2D eigenvalue weighted by atomic mass is 10.2. The molecule has 0 spiro atoms. The van der Waals surface area contributed by atoms with Crippen LogP contribution in [0.25, 0.3) is 6.08 Å². The Morgan fingerprint density at radius 3 is 2.55 bits per heavy atom. The summed E-state index contributed by atoms with van der Waals surface area (Å²) in [6.07, 6.45) is 2.93. The molecule has 22 heavy (non-hydrogen) atoms. The first kappa shape index (κ1) is 15.6. The van der Waals surface area contributed by atoms with E-state index in [0.717, 1.165) is 5.56 Å². The standard InChI is InChI=1S/C17H12ClNO3/c1-21-16-10-13(11-19)4-8-15(16)22-17(20)9-5-12-2-6-14(18)7-3-12/h2-10H,1H3/b9-5+. The summed E-state index contributed by atoms with van der Waals surface area (Å²) in [5, 5.41) is 9.45. The number of rotatable bonds is 4. The Labute approximate surface area is 133 Å². The Morgan fingerprint density at radius 2 is 1.91 bits per heavy atom. The highest BCUT2D eigenvalue weighted by Crippen LogP contribution is 2.28. The van der Waals surface area contributed by atoms with Crippen LogP contribution in [0.5, 0.6) is 11.5 Å². The average molecular weight is 314 g/mol. The molecular weight excluding hydrogens is 302 g/mol. The number of nitrogens with zero attached hydrogens (tertiary/aromatic N) is 1. The molecule has 2 rings (SSSR count). The zero-order chi connectivity index (χ0) is 15.9. The predicted molar refractivity (Wildman–Crippen MR) is 83.8 cm³/mol. The Kier molecular flexibility index (Phi) is 5.18. The molecule has 0 aliphatic carbocycles. The van der Waals surface area contributed by atoms with Crippen LogP contribution in [0.4, 0.5) is 0 Å². The maximum absolute atomic E-state index is 11.8. The van der Waals surface area contributed by atoms with Crippen molar-refractivity contribution in [2.24, 2.45) is 0 Å². The highest BCUT2D eigenvalue weighted by atomic mass is 35.5. The van der Waals surface area contributed by atoms with Gasteiger partial charge in [-0.3, -0.25) is 0 Å². The Bertz CT molecular complexity index is 745. The van der Waals surface area contributed by atoms with Gasteiger partial charge in [-0.1, -0.05) is 23.7 Å². The van der Waals surface area contributed by atoms with Crippen molar-refractivity contribution < 1.29 is 14.3 Å². The Hall–Kier alpha value is -2.77. The van der Waals surface area contributed by atoms with E-state index in [0.29, 0.717) is 16.3 Å². The number of methoxy groups -OCH3 is 1. The molecule has 110 valence electrons. The van der Waals surface area contributed by atoms with Crippen molar-refractivity contribution in [3.8, 4) is 17.6 Å². The minimum absolute atomic E-state index is 0.257. The molecule has 0 aliphatic heterocycles. The third-order valence-corrected chi connectivity index (χ3v) is 3.04. The topological polar surface area (TPSA) is 59.3 Å². The molecule has 0 N–H and O–H groups in total. The lowest BCUT2D eigenvalue weighted by Crippen LogP contribution is -2.05. The molecule has 0 fully saturated rings. The van der Waals surface area contributed by atoms with Crippen molar-refractivity contribution in [2.75, 3.05) is 7.11 Å². The molecule has 0 heterocycles. The van der Waals surface area contributed by atoms with Gasteiger partial charge in [-0.15, -0.1) is 0 Å². The smallest absolute Gasteiger partial charge is 0.336 e. The summed E-state index contributed by atoms with van der Waals surface area (Å²) in [7, 11) is 1.44. The number of halogens is 1. The molecule has 4 nitrogen and oxygen atoms in total. The highest BCUT2D eigenvalue weighted by Gasteiger charge is 2.08. The van der Waals surface area contributed by atoms with Crippen LogP contribution in [0.15, 0.2) is 48.5 Å². The average Bonchev–Trinajstić information content (AvgIpc) is 2.54. The molecule has 0 aromatic heterocycles. The summed E-state index contributed by atoms with van der Waals surface area (Å²) in [5.74, 6) is 0.0394. The number of ether oxygens (including phenoxy) is 2. The van der Waals surface area contributed by atoms with Gasteiger partial charge in [0.15, 0.2) is 11.5 Å². The molecular formula is C17H12ClNO3. The molecule has 0 radical (unpaired) electrons. The van der Waals surface area contributed by atoms with Crippen molar-refractivity contribution in [1.29, 1.82) is 5.26 Å². The van der Waals surface area contributed by atoms with Crippen molar-refractivity contribution in [3.05, 3.63) is 64.7 Å². The Morgan fingerprint density at radius 1 is 1.18 bits per heavy atom. The molecule has 2 aromatic carbocycles. The monoisotopic (exact) mass is 313 g/mol. The quantitative estimate of drug-likeness (QED) is 0.489. The number of benzene rings is 2. The largest absolute Gasteiger partial charge is 0.493 e. The zero-order valence-electron chi connectivity index (χ0n) is 11.7. The van der Waals surface area contributed by atoms with Crippen LogP contribution in [-0.2, 0) is 4.79 Å². The molecule has 0 amide bonds. The second-order valence-electron chi connectivity index (χ2n) is 4.28.